The lowest BCUT2D eigenvalue weighted by Crippen LogP contribution is -1.78. The Hall–Kier alpha value is -4.58. The van der Waals surface area contributed by atoms with Crippen molar-refractivity contribution in [1.29, 1.82) is 0 Å². The van der Waals surface area contributed by atoms with Gasteiger partial charge in [-0.1, -0.05) is 103 Å². The van der Waals surface area contributed by atoms with Crippen molar-refractivity contribution in [3.8, 4) is 43.1 Å². The molecular weight excluding hydrogens is 633 g/mol. The molecule has 0 radical (unpaired) electrons. The predicted octanol–water partition coefficient (Wildman–Crippen LogP) is 14.4. The van der Waals surface area contributed by atoms with E-state index in [4.69, 9.17) is 0 Å². The third kappa shape index (κ3) is 4.37. The molecule has 4 aromatic heterocycles. The minimum atomic E-state index is 1.26. The monoisotopic (exact) mass is 656 g/mol. The number of rotatable bonds is 4. The van der Waals surface area contributed by atoms with Gasteiger partial charge in [0.1, 0.15) is 0 Å². The molecule has 4 heterocycles. The Morgan fingerprint density at radius 2 is 0.761 bits per heavy atom. The quantitative estimate of drug-likeness (QED) is 0.177. The highest BCUT2D eigenvalue weighted by molar-refractivity contribution is 7.36. The molecule has 10 rings (SSSR count). The molecule has 0 aliphatic carbocycles. The lowest BCUT2D eigenvalue weighted by atomic mass is 10.0. The Kier molecular flexibility index (Phi) is 6.06. The Balaban J connectivity index is 0.975. The van der Waals surface area contributed by atoms with E-state index in [9.17, 15) is 0 Å². The second-order valence-electron chi connectivity index (χ2n) is 11.7. The summed E-state index contributed by atoms with van der Waals surface area (Å²) in [5.41, 5.74) is 7.61. The van der Waals surface area contributed by atoms with Crippen LogP contribution in [0, 0.1) is 0 Å². The van der Waals surface area contributed by atoms with Crippen molar-refractivity contribution in [3.05, 3.63) is 146 Å². The molecule has 0 fully saturated rings. The van der Waals surface area contributed by atoms with Gasteiger partial charge in [0.15, 0.2) is 0 Å². The van der Waals surface area contributed by atoms with Gasteiger partial charge in [-0.15, -0.1) is 45.3 Å². The number of fused-ring (bicyclic) bond motifs is 7. The molecule has 6 aromatic carbocycles. The van der Waals surface area contributed by atoms with Crippen molar-refractivity contribution >= 4 is 95.1 Å². The first kappa shape index (κ1) is 26.6. The van der Waals surface area contributed by atoms with Crippen molar-refractivity contribution in [3.63, 3.8) is 0 Å². The van der Waals surface area contributed by atoms with Crippen LogP contribution in [0.2, 0.25) is 0 Å². The molecule has 0 bridgehead atoms. The summed E-state index contributed by atoms with van der Waals surface area (Å²) in [5.74, 6) is 0. The fraction of sp³-hybridized carbons (Fsp3) is 0. The highest BCUT2D eigenvalue weighted by Crippen LogP contribution is 2.46. The lowest BCUT2D eigenvalue weighted by molar-refractivity contribution is 1.65. The third-order valence-electron chi connectivity index (χ3n) is 8.94. The molecule has 0 amide bonds. The van der Waals surface area contributed by atoms with Gasteiger partial charge in [-0.05, 0) is 86.6 Å². The molecule has 0 aliphatic rings. The highest BCUT2D eigenvalue weighted by atomic mass is 32.1. The molecule has 0 unspecified atom stereocenters. The predicted molar refractivity (Wildman–Crippen MR) is 207 cm³/mol. The molecule has 216 valence electrons. The first-order valence-electron chi connectivity index (χ1n) is 15.3. The van der Waals surface area contributed by atoms with E-state index < -0.39 is 0 Å². The van der Waals surface area contributed by atoms with Crippen molar-refractivity contribution in [2.75, 3.05) is 0 Å². The van der Waals surface area contributed by atoms with E-state index in [1.165, 1.54) is 92.9 Å². The van der Waals surface area contributed by atoms with E-state index >= 15 is 0 Å². The highest BCUT2D eigenvalue weighted by Gasteiger charge is 2.15. The average molecular weight is 657 g/mol. The second kappa shape index (κ2) is 10.5. The van der Waals surface area contributed by atoms with Gasteiger partial charge >= 0.3 is 0 Å². The minimum Gasteiger partial charge on any atom is -0.135 e. The van der Waals surface area contributed by atoms with Crippen LogP contribution in [-0.2, 0) is 0 Å². The zero-order valence-corrected chi connectivity index (χ0v) is 27.8. The van der Waals surface area contributed by atoms with Crippen LogP contribution < -0.4 is 0 Å². The van der Waals surface area contributed by atoms with Gasteiger partial charge in [0.05, 0.1) is 9.40 Å². The summed E-state index contributed by atoms with van der Waals surface area (Å²) < 4.78 is 8.19. The molecule has 4 heteroatoms. The van der Waals surface area contributed by atoms with Crippen molar-refractivity contribution in [1.82, 2.24) is 0 Å². The summed E-state index contributed by atoms with van der Waals surface area (Å²) in [5, 5.41) is 5.35. The van der Waals surface area contributed by atoms with Crippen LogP contribution in [0.3, 0.4) is 0 Å². The van der Waals surface area contributed by atoms with E-state index in [1.807, 2.05) is 45.3 Å². The first-order valence-corrected chi connectivity index (χ1v) is 18.6. The fourth-order valence-electron chi connectivity index (χ4n) is 6.52. The van der Waals surface area contributed by atoms with E-state index in [0.29, 0.717) is 0 Å². The largest absolute Gasteiger partial charge is 0.135 e. The van der Waals surface area contributed by atoms with Crippen LogP contribution in [0.1, 0.15) is 0 Å². The van der Waals surface area contributed by atoms with Crippen LogP contribution in [0.25, 0.3) is 92.9 Å². The van der Waals surface area contributed by atoms with Gasteiger partial charge in [0.2, 0.25) is 0 Å². The fourth-order valence-corrected chi connectivity index (χ4v) is 11.3. The smallest absolute Gasteiger partial charge is 0.0542 e. The Morgan fingerprint density at radius 3 is 1.37 bits per heavy atom. The van der Waals surface area contributed by atoms with Crippen molar-refractivity contribution in [2.45, 2.75) is 0 Å². The van der Waals surface area contributed by atoms with E-state index in [0.717, 1.165) is 0 Å². The van der Waals surface area contributed by atoms with E-state index in [1.54, 1.807) is 0 Å². The van der Waals surface area contributed by atoms with Crippen LogP contribution in [-0.4, -0.2) is 0 Å². The number of hydrogen-bond donors (Lipinski definition) is 0. The second-order valence-corrected chi connectivity index (χ2v) is 16.0. The summed E-state index contributed by atoms with van der Waals surface area (Å²) in [6.07, 6.45) is 0. The number of hydrogen-bond acceptors (Lipinski definition) is 4. The summed E-state index contributed by atoms with van der Waals surface area (Å²) >= 11 is 7.57. The Bertz CT molecular complexity index is 2660. The average Bonchev–Trinajstić information content (AvgIpc) is 3.89. The maximum Gasteiger partial charge on any atom is 0.0542 e. The lowest BCUT2D eigenvalue weighted by Gasteiger charge is -2.04. The Labute approximate surface area is 282 Å². The van der Waals surface area contributed by atoms with Crippen LogP contribution in [0.5, 0.6) is 0 Å². The van der Waals surface area contributed by atoms with Crippen molar-refractivity contribution < 1.29 is 0 Å². The van der Waals surface area contributed by atoms with Gasteiger partial charge in [0, 0.05) is 39.3 Å². The molecule has 46 heavy (non-hydrogen) atoms. The summed E-state index contributed by atoms with van der Waals surface area (Å²) in [6.45, 7) is 0. The zero-order chi connectivity index (χ0) is 30.2. The van der Waals surface area contributed by atoms with Gasteiger partial charge in [-0.2, -0.15) is 0 Å². The molecule has 0 saturated carbocycles. The molecular formula is C42H24S4. The molecule has 0 spiro atoms. The van der Waals surface area contributed by atoms with Crippen LogP contribution >= 0.6 is 45.3 Å². The zero-order valence-electron chi connectivity index (χ0n) is 24.5. The maximum atomic E-state index is 2.39. The standard InChI is InChI=1S/C42H24S4/c1-3-7-35-31(5-1)23-38(43-35)27-13-9-25(10-14-27)29-18-20-37-34(21-29)42-41(45-37)33-19-17-30(22-40(33)46-42)26-11-15-28(16-12-26)39-24-32-6-2-4-8-36(32)44-39/h1-24H. The van der Waals surface area contributed by atoms with Crippen LogP contribution in [0.4, 0.5) is 0 Å². The minimum absolute atomic E-state index is 1.26. The van der Waals surface area contributed by atoms with Gasteiger partial charge in [0.25, 0.3) is 0 Å². The number of thiophene rings is 4. The normalized spacial score (nSPS) is 11.9. The van der Waals surface area contributed by atoms with E-state index in [2.05, 4.69) is 146 Å². The first-order chi connectivity index (χ1) is 22.7. The molecule has 10 aromatic rings. The summed E-state index contributed by atoms with van der Waals surface area (Å²) in [6, 6.07) is 54.0. The summed E-state index contributed by atoms with van der Waals surface area (Å²) in [7, 11) is 0. The molecule has 0 N–H and O–H groups in total. The molecule has 0 atom stereocenters. The topological polar surface area (TPSA) is 0 Å². The maximum absolute atomic E-state index is 2.39. The molecule has 0 aliphatic heterocycles. The SMILES string of the molecule is c1ccc2sc(-c3ccc(-c4ccc5c(c4)sc4c6cc(-c7ccc(-c8cc9ccccc9s8)cc7)ccc6sc54)cc3)cc2c1. The summed E-state index contributed by atoms with van der Waals surface area (Å²) in [4.78, 5) is 2.64. The number of benzene rings is 6. The molecule has 0 saturated heterocycles. The van der Waals surface area contributed by atoms with Crippen molar-refractivity contribution in [2.24, 2.45) is 0 Å². The van der Waals surface area contributed by atoms with Gasteiger partial charge in [-0.3, -0.25) is 0 Å². The third-order valence-corrected chi connectivity index (χ3v) is 13.8. The van der Waals surface area contributed by atoms with Gasteiger partial charge in [-0.25, -0.2) is 0 Å². The van der Waals surface area contributed by atoms with E-state index in [-0.39, 0.29) is 0 Å². The van der Waals surface area contributed by atoms with Crippen LogP contribution in [0.15, 0.2) is 146 Å². The molecule has 0 nitrogen and oxygen atoms in total. The Morgan fingerprint density at radius 1 is 0.283 bits per heavy atom. The van der Waals surface area contributed by atoms with Gasteiger partial charge < -0.3 is 0 Å².